The van der Waals surface area contributed by atoms with Crippen molar-refractivity contribution >= 4 is 17.5 Å². The molecule has 0 spiro atoms. The third-order valence-corrected chi connectivity index (χ3v) is 3.94. The lowest BCUT2D eigenvalue weighted by Crippen LogP contribution is -2.24. The molecule has 3 aromatic rings. The van der Waals surface area contributed by atoms with E-state index in [0.717, 1.165) is 5.56 Å². The third-order valence-electron chi connectivity index (χ3n) is 3.94. The van der Waals surface area contributed by atoms with Crippen LogP contribution in [-0.4, -0.2) is 16.5 Å². The van der Waals surface area contributed by atoms with E-state index in [0.29, 0.717) is 30.5 Å². The molecule has 0 amide bonds. The van der Waals surface area contributed by atoms with Gasteiger partial charge in [0.05, 0.1) is 0 Å². The van der Waals surface area contributed by atoms with Crippen molar-refractivity contribution in [2.24, 2.45) is 0 Å². The molecule has 3 rings (SSSR count). The number of halogens is 2. The van der Waals surface area contributed by atoms with Crippen molar-refractivity contribution < 1.29 is 8.78 Å². The summed E-state index contributed by atoms with van der Waals surface area (Å²) in [4.78, 5) is 10.9. The molecule has 0 atom stereocenters. The van der Waals surface area contributed by atoms with Gasteiger partial charge in [0.25, 0.3) is 0 Å². The van der Waals surface area contributed by atoms with Crippen LogP contribution in [0.3, 0.4) is 0 Å². The molecular formula is C20H20F2N4. The molecule has 1 aromatic heterocycles. The summed E-state index contributed by atoms with van der Waals surface area (Å²) >= 11 is 0. The first-order valence-electron chi connectivity index (χ1n) is 8.42. The largest absolute Gasteiger partial charge is 0.337 e. The first kappa shape index (κ1) is 17.8. The highest BCUT2D eigenvalue weighted by atomic mass is 19.1. The van der Waals surface area contributed by atoms with E-state index in [2.05, 4.69) is 15.3 Å². The second-order valence-corrected chi connectivity index (χ2v) is 5.92. The molecule has 0 unspecified atom stereocenters. The molecule has 6 heteroatoms. The van der Waals surface area contributed by atoms with Crippen molar-refractivity contribution in [1.29, 1.82) is 0 Å². The summed E-state index contributed by atoms with van der Waals surface area (Å²) in [6, 6.07) is 15.4. The van der Waals surface area contributed by atoms with Crippen molar-refractivity contribution in [2.45, 2.75) is 20.4 Å². The monoisotopic (exact) mass is 354 g/mol. The van der Waals surface area contributed by atoms with E-state index in [-0.39, 0.29) is 5.69 Å². The van der Waals surface area contributed by atoms with E-state index in [4.69, 9.17) is 0 Å². The fourth-order valence-electron chi connectivity index (χ4n) is 2.63. The number of aryl methyl sites for hydroxylation is 1. The Bertz CT molecular complexity index is 864. The Morgan fingerprint density at radius 3 is 2.31 bits per heavy atom. The molecule has 4 nitrogen and oxygen atoms in total. The van der Waals surface area contributed by atoms with Gasteiger partial charge in [-0.2, -0.15) is 4.98 Å². The Kier molecular flexibility index (Phi) is 5.41. The van der Waals surface area contributed by atoms with E-state index >= 15 is 0 Å². The molecular weight excluding hydrogens is 334 g/mol. The fraction of sp³-hybridized carbons (Fsp3) is 0.200. The van der Waals surface area contributed by atoms with Gasteiger partial charge in [0.15, 0.2) is 0 Å². The molecule has 0 bridgehead atoms. The zero-order valence-corrected chi connectivity index (χ0v) is 14.7. The molecule has 0 saturated carbocycles. The Balaban J connectivity index is 1.89. The molecule has 134 valence electrons. The number of aromatic nitrogens is 2. The molecule has 26 heavy (non-hydrogen) atoms. The summed E-state index contributed by atoms with van der Waals surface area (Å²) in [5, 5.41) is 2.74. The van der Waals surface area contributed by atoms with Gasteiger partial charge in [-0.05, 0) is 31.5 Å². The predicted octanol–water partition coefficient (Wildman–Crippen LogP) is 4.83. The number of anilines is 3. The number of hydrogen-bond donors (Lipinski definition) is 1. The first-order chi connectivity index (χ1) is 12.6. The van der Waals surface area contributed by atoms with Gasteiger partial charge in [-0.15, -0.1) is 0 Å². The Morgan fingerprint density at radius 2 is 1.65 bits per heavy atom. The highest BCUT2D eigenvalue weighted by molar-refractivity contribution is 5.59. The Morgan fingerprint density at radius 1 is 0.962 bits per heavy atom. The van der Waals surface area contributed by atoms with Crippen LogP contribution < -0.4 is 10.2 Å². The highest BCUT2D eigenvalue weighted by Gasteiger charge is 2.13. The van der Waals surface area contributed by atoms with Gasteiger partial charge in [0.2, 0.25) is 5.95 Å². The van der Waals surface area contributed by atoms with Crippen molar-refractivity contribution in [3.05, 3.63) is 77.5 Å². The molecule has 0 aliphatic rings. The number of nitrogens with zero attached hydrogens (tertiary/aromatic N) is 3. The van der Waals surface area contributed by atoms with Crippen LogP contribution in [0, 0.1) is 18.6 Å². The minimum absolute atomic E-state index is 0.220. The molecule has 2 aromatic carbocycles. The molecule has 0 aliphatic heterocycles. The molecule has 0 fully saturated rings. The lowest BCUT2D eigenvalue weighted by Gasteiger charge is -2.22. The predicted molar refractivity (Wildman–Crippen MR) is 99.6 cm³/mol. The van der Waals surface area contributed by atoms with Crippen LogP contribution in [0.5, 0.6) is 0 Å². The van der Waals surface area contributed by atoms with Crippen LogP contribution in [0.15, 0.2) is 54.6 Å². The number of rotatable bonds is 6. The van der Waals surface area contributed by atoms with Gasteiger partial charge in [0.1, 0.15) is 23.1 Å². The average Bonchev–Trinajstić information content (AvgIpc) is 2.63. The van der Waals surface area contributed by atoms with E-state index in [1.165, 1.54) is 18.2 Å². The third kappa shape index (κ3) is 4.14. The number of nitrogens with one attached hydrogen (secondary N) is 1. The highest BCUT2D eigenvalue weighted by Crippen LogP contribution is 2.24. The molecule has 0 saturated heterocycles. The van der Waals surface area contributed by atoms with Crippen LogP contribution in [0.2, 0.25) is 0 Å². The lowest BCUT2D eigenvalue weighted by molar-refractivity contribution is 0.590. The SMILES string of the molecule is CCN(Cc1ccccc1)c1nc(C)cc(Nc2c(F)cccc2F)n1. The van der Waals surface area contributed by atoms with Crippen molar-refractivity contribution in [2.75, 3.05) is 16.8 Å². The second-order valence-electron chi connectivity index (χ2n) is 5.92. The van der Waals surface area contributed by atoms with Gasteiger partial charge in [0, 0.05) is 24.8 Å². The maximum absolute atomic E-state index is 13.9. The number of benzene rings is 2. The summed E-state index contributed by atoms with van der Waals surface area (Å²) in [5.41, 5.74) is 1.62. The van der Waals surface area contributed by atoms with Crippen molar-refractivity contribution in [3.63, 3.8) is 0 Å². The van der Waals surface area contributed by atoms with Gasteiger partial charge < -0.3 is 10.2 Å². The normalized spacial score (nSPS) is 10.6. The summed E-state index contributed by atoms with van der Waals surface area (Å²) in [7, 11) is 0. The van der Waals surface area contributed by atoms with Crippen molar-refractivity contribution in [1.82, 2.24) is 9.97 Å². The fourth-order valence-corrected chi connectivity index (χ4v) is 2.63. The van der Waals surface area contributed by atoms with E-state index in [9.17, 15) is 8.78 Å². The van der Waals surface area contributed by atoms with Gasteiger partial charge in [-0.25, -0.2) is 13.8 Å². The summed E-state index contributed by atoms with van der Waals surface area (Å²) < 4.78 is 27.8. The van der Waals surface area contributed by atoms with E-state index in [1.807, 2.05) is 49.1 Å². The first-order valence-corrected chi connectivity index (χ1v) is 8.42. The zero-order chi connectivity index (χ0) is 18.5. The Labute approximate surface area is 151 Å². The maximum atomic E-state index is 13.9. The van der Waals surface area contributed by atoms with Crippen LogP contribution in [0.1, 0.15) is 18.2 Å². The quantitative estimate of drug-likeness (QED) is 0.688. The number of hydrogen-bond acceptors (Lipinski definition) is 4. The van der Waals surface area contributed by atoms with Gasteiger partial charge in [-0.3, -0.25) is 0 Å². The van der Waals surface area contributed by atoms with Crippen LogP contribution in [-0.2, 0) is 6.54 Å². The second kappa shape index (κ2) is 7.91. The van der Waals surface area contributed by atoms with Crippen LogP contribution in [0.25, 0.3) is 0 Å². The van der Waals surface area contributed by atoms with E-state index in [1.54, 1.807) is 6.07 Å². The van der Waals surface area contributed by atoms with E-state index < -0.39 is 11.6 Å². The minimum Gasteiger partial charge on any atom is -0.337 e. The van der Waals surface area contributed by atoms with Crippen LogP contribution in [0.4, 0.5) is 26.2 Å². The average molecular weight is 354 g/mol. The Hall–Kier alpha value is -3.02. The standard InChI is InChI=1S/C20H20F2N4/c1-3-26(13-15-8-5-4-6-9-15)20-23-14(2)12-18(25-20)24-19-16(21)10-7-11-17(19)22/h4-12H,3,13H2,1-2H3,(H,23,24,25). The summed E-state index contributed by atoms with van der Waals surface area (Å²) in [5.74, 6) is -0.475. The summed E-state index contributed by atoms with van der Waals surface area (Å²) in [6.45, 7) is 5.18. The van der Waals surface area contributed by atoms with Crippen LogP contribution >= 0.6 is 0 Å². The minimum atomic E-state index is -0.667. The molecule has 0 radical (unpaired) electrons. The zero-order valence-electron chi connectivity index (χ0n) is 14.7. The molecule has 1 N–H and O–H groups in total. The lowest BCUT2D eigenvalue weighted by atomic mass is 10.2. The number of para-hydroxylation sites is 1. The maximum Gasteiger partial charge on any atom is 0.227 e. The topological polar surface area (TPSA) is 41.1 Å². The molecule has 1 heterocycles. The summed E-state index contributed by atoms with van der Waals surface area (Å²) in [6.07, 6.45) is 0. The smallest absolute Gasteiger partial charge is 0.227 e. The van der Waals surface area contributed by atoms with Gasteiger partial charge in [-0.1, -0.05) is 36.4 Å². The van der Waals surface area contributed by atoms with Gasteiger partial charge >= 0.3 is 0 Å². The van der Waals surface area contributed by atoms with Crippen molar-refractivity contribution in [3.8, 4) is 0 Å². The molecule has 0 aliphatic carbocycles.